The van der Waals surface area contributed by atoms with Crippen molar-refractivity contribution in [3.8, 4) is 27.5 Å². The van der Waals surface area contributed by atoms with E-state index >= 15 is 0 Å². The minimum Gasteiger partial charge on any atom is -0.296 e. The molecule has 0 aliphatic carbocycles. The molecule has 0 aliphatic rings. The number of thiazole rings is 1. The van der Waals surface area contributed by atoms with Gasteiger partial charge in [0.25, 0.3) is 5.56 Å². The van der Waals surface area contributed by atoms with Gasteiger partial charge in [0.05, 0.1) is 12.1 Å². The molecule has 1 aromatic carbocycles. The third-order valence-electron chi connectivity index (χ3n) is 3.74. The van der Waals surface area contributed by atoms with Gasteiger partial charge < -0.3 is 0 Å². The number of nitrogens with one attached hydrogen (secondary N) is 1. The van der Waals surface area contributed by atoms with Crippen LogP contribution in [0, 0.1) is 6.57 Å². The maximum Gasteiger partial charge on any atom is 0.280 e. The van der Waals surface area contributed by atoms with Gasteiger partial charge >= 0.3 is 0 Å². The average molecular weight is 345 g/mol. The SMILES string of the molecule is [C-]#[N+]c1ccc(-c2c[nH]n(-c3ccc(-c4nccs4)cn3)c2=O)cc1. The van der Waals surface area contributed by atoms with E-state index in [1.54, 1.807) is 48.9 Å². The Kier molecular flexibility index (Phi) is 3.72. The molecular weight excluding hydrogens is 334 g/mol. The number of nitrogens with zero attached hydrogens (tertiary/aromatic N) is 4. The predicted octanol–water partition coefficient (Wildman–Crippen LogP) is 3.90. The highest BCUT2D eigenvalue weighted by molar-refractivity contribution is 7.13. The summed E-state index contributed by atoms with van der Waals surface area (Å²) in [6.45, 7) is 6.99. The summed E-state index contributed by atoms with van der Waals surface area (Å²) in [6.07, 6.45) is 5.09. The lowest BCUT2D eigenvalue weighted by molar-refractivity contribution is 0.819. The van der Waals surface area contributed by atoms with E-state index in [2.05, 4.69) is 19.9 Å². The zero-order valence-electron chi connectivity index (χ0n) is 12.9. The molecule has 1 N–H and O–H groups in total. The zero-order chi connectivity index (χ0) is 17.2. The lowest BCUT2D eigenvalue weighted by Crippen LogP contribution is -2.16. The maximum absolute atomic E-state index is 12.7. The highest BCUT2D eigenvalue weighted by Crippen LogP contribution is 2.22. The maximum atomic E-state index is 12.7. The first-order valence-corrected chi connectivity index (χ1v) is 8.29. The van der Waals surface area contributed by atoms with Crippen LogP contribution in [0.3, 0.4) is 0 Å². The van der Waals surface area contributed by atoms with Crippen LogP contribution in [0.4, 0.5) is 5.69 Å². The molecule has 6 nitrogen and oxygen atoms in total. The second-order valence-corrected chi connectivity index (χ2v) is 6.12. The van der Waals surface area contributed by atoms with Crippen LogP contribution in [-0.4, -0.2) is 19.7 Å². The van der Waals surface area contributed by atoms with Crippen molar-refractivity contribution in [3.05, 3.63) is 82.1 Å². The van der Waals surface area contributed by atoms with Gasteiger partial charge in [-0.1, -0.05) is 24.3 Å². The molecule has 0 fully saturated rings. The highest BCUT2D eigenvalue weighted by atomic mass is 32.1. The van der Waals surface area contributed by atoms with Crippen molar-refractivity contribution in [1.29, 1.82) is 0 Å². The number of pyridine rings is 1. The van der Waals surface area contributed by atoms with Crippen molar-refractivity contribution in [3.63, 3.8) is 0 Å². The van der Waals surface area contributed by atoms with Gasteiger partial charge in [-0.2, -0.15) is 0 Å². The minimum atomic E-state index is -0.190. The van der Waals surface area contributed by atoms with E-state index in [1.807, 2.05) is 11.4 Å². The molecule has 0 bridgehead atoms. The molecule has 120 valence electrons. The van der Waals surface area contributed by atoms with E-state index in [0.717, 1.165) is 16.1 Å². The van der Waals surface area contributed by atoms with Crippen LogP contribution in [-0.2, 0) is 0 Å². The van der Waals surface area contributed by atoms with Gasteiger partial charge in [-0.05, 0) is 17.7 Å². The molecule has 0 unspecified atom stereocenters. The Morgan fingerprint density at radius 2 is 1.88 bits per heavy atom. The van der Waals surface area contributed by atoms with Crippen LogP contribution in [0.5, 0.6) is 0 Å². The Labute approximate surface area is 146 Å². The Morgan fingerprint density at radius 3 is 2.52 bits per heavy atom. The van der Waals surface area contributed by atoms with E-state index in [-0.39, 0.29) is 5.56 Å². The molecule has 25 heavy (non-hydrogen) atoms. The summed E-state index contributed by atoms with van der Waals surface area (Å²) in [7, 11) is 0. The van der Waals surface area contributed by atoms with Crippen LogP contribution >= 0.6 is 11.3 Å². The molecule has 3 heterocycles. The Morgan fingerprint density at radius 1 is 1.08 bits per heavy atom. The molecule has 4 aromatic rings. The second kappa shape index (κ2) is 6.19. The molecule has 7 heteroatoms. The predicted molar refractivity (Wildman–Crippen MR) is 97.0 cm³/mol. The first kappa shape index (κ1) is 15.1. The molecule has 0 amide bonds. The molecule has 0 saturated carbocycles. The summed E-state index contributed by atoms with van der Waals surface area (Å²) in [4.78, 5) is 24.6. The van der Waals surface area contributed by atoms with Crippen LogP contribution in [0.15, 0.2) is 65.2 Å². The van der Waals surface area contributed by atoms with Crippen molar-refractivity contribution >= 4 is 17.0 Å². The van der Waals surface area contributed by atoms with Gasteiger partial charge in [0.2, 0.25) is 0 Å². The molecule has 4 rings (SSSR count). The molecule has 0 aliphatic heterocycles. The summed E-state index contributed by atoms with van der Waals surface area (Å²) in [5, 5.41) is 5.73. The Bertz CT molecular complexity index is 1100. The standard InChI is InChI=1S/C18H11N5OS/c1-19-14-5-2-12(3-6-14)15-11-22-23(18(15)24)16-7-4-13(10-21-16)17-20-8-9-25-17/h2-11,22H. The number of aromatic amines is 1. The van der Waals surface area contributed by atoms with Gasteiger partial charge in [0, 0.05) is 29.5 Å². The first-order chi connectivity index (χ1) is 12.3. The zero-order valence-corrected chi connectivity index (χ0v) is 13.7. The molecule has 0 atom stereocenters. The lowest BCUT2D eigenvalue weighted by Gasteiger charge is -2.01. The van der Waals surface area contributed by atoms with Gasteiger partial charge in [0.1, 0.15) is 5.01 Å². The number of hydrogen-bond donors (Lipinski definition) is 1. The van der Waals surface area contributed by atoms with E-state index < -0.39 is 0 Å². The van der Waals surface area contributed by atoms with Crippen molar-refractivity contribution in [2.45, 2.75) is 0 Å². The molecule has 0 radical (unpaired) electrons. The smallest absolute Gasteiger partial charge is 0.280 e. The first-order valence-electron chi connectivity index (χ1n) is 7.41. The highest BCUT2D eigenvalue weighted by Gasteiger charge is 2.11. The normalized spacial score (nSPS) is 10.5. The summed E-state index contributed by atoms with van der Waals surface area (Å²) >= 11 is 1.54. The number of hydrogen-bond acceptors (Lipinski definition) is 4. The quantitative estimate of drug-likeness (QED) is 0.573. The number of aromatic nitrogens is 4. The third-order valence-corrected chi connectivity index (χ3v) is 4.56. The topological polar surface area (TPSA) is 67.9 Å². The third kappa shape index (κ3) is 2.75. The minimum absolute atomic E-state index is 0.190. The van der Waals surface area contributed by atoms with E-state index in [9.17, 15) is 4.79 Å². The Balaban J connectivity index is 1.69. The Hall–Kier alpha value is -3.50. The van der Waals surface area contributed by atoms with Gasteiger partial charge in [-0.25, -0.2) is 19.5 Å². The second-order valence-electron chi connectivity index (χ2n) is 5.23. The van der Waals surface area contributed by atoms with Crippen LogP contribution in [0.25, 0.3) is 32.4 Å². The van der Waals surface area contributed by atoms with Gasteiger partial charge in [-0.15, -0.1) is 11.3 Å². The molecular formula is C18H11N5OS. The van der Waals surface area contributed by atoms with Crippen LogP contribution < -0.4 is 5.56 Å². The van der Waals surface area contributed by atoms with Crippen LogP contribution in [0.1, 0.15) is 0 Å². The largest absolute Gasteiger partial charge is 0.296 e. The van der Waals surface area contributed by atoms with Crippen molar-refractivity contribution in [2.24, 2.45) is 0 Å². The van der Waals surface area contributed by atoms with Crippen molar-refractivity contribution in [1.82, 2.24) is 19.7 Å². The van der Waals surface area contributed by atoms with E-state index in [4.69, 9.17) is 6.57 Å². The van der Waals surface area contributed by atoms with E-state index in [0.29, 0.717) is 17.1 Å². The molecule has 3 aromatic heterocycles. The monoisotopic (exact) mass is 345 g/mol. The lowest BCUT2D eigenvalue weighted by atomic mass is 10.1. The fourth-order valence-electron chi connectivity index (χ4n) is 2.47. The fraction of sp³-hybridized carbons (Fsp3) is 0. The number of H-pyrrole nitrogens is 1. The number of rotatable bonds is 3. The molecule has 0 spiro atoms. The van der Waals surface area contributed by atoms with Gasteiger partial charge in [-0.3, -0.25) is 9.89 Å². The summed E-state index contributed by atoms with van der Waals surface area (Å²) < 4.78 is 1.39. The summed E-state index contributed by atoms with van der Waals surface area (Å²) in [5.41, 5.74) is 2.55. The average Bonchev–Trinajstić information content (AvgIpc) is 3.32. The van der Waals surface area contributed by atoms with Gasteiger partial charge in [0.15, 0.2) is 11.5 Å². The molecule has 0 saturated heterocycles. The van der Waals surface area contributed by atoms with Crippen molar-refractivity contribution < 1.29 is 0 Å². The van der Waals surface area contributed by atoms with E-state index in [1.165, 1.54) is 16.0 Å². The van der Waals surface area contributed by atoms with Crippen molar-refractivity contribution in [2.75, 3.05) is 0 Å². The number of benzene rings is 1. The fourth-order valence-corrected chi connectivity index (χ4v) is 3.10. The summed E-state index contributed by atoms with van der Waals surface area (Å²) in [5.74, 6) is 0.509. The summed E-state index contributed by atoms with van der Waals surface area (Å²) in [6, 6.07) is 10.6. The van der Waals surface area contributed by atoms with Crippen LogP contribution in [0.2, 0.25) is 0 Å².